The van der Waals surface area contributed by atoms with Crippen LogP contribution in [-0.2, 0) is 26.5 Å². The second-order valence-corrected chi connectivity index (χ2v) is 8.84. The van der Waals surface area contributed by atoms with Crippen molar-refractivity contribution in [2.45, 2.75) is 20.1 Å². The largest absolute Gasteiger partial charge is 0.486 e. The Bertz CT molecular complexity index is 2150. The summed E-state index contributed by atoms with van der Waals surface area (Å²) in [4.78, 5) is 12.9. The third kappa shape index (κ3) is 6.33. The van der Waals surface area contributed by atoms with Gasteiger partial charge in [0.2, 0.25) is 5.71 Å². The summed E-state index contributed by atoms with van der Waals surface area (Å²) in [6.45, 7) is -5.30. The summed E-state index contributed by atoms with van der Waals surface area (Å²) < 4.78 is 69.8. The van der Waals surface area contributed by atoms with Crippen LogP contribution >= 0.6 is 0 Å². The molecule has 7 rings (SSSR count). The van der Waals surface area contributed by atoms with Gasteiger partial charge < -0.3 is 14.4 Å². The van der Waals surface area contributed by atoms with Gasteiger partial charge in [-0.2, -0.15) is 0 Å². The van der Waals surface area contributed by atoms with E-state index < -0.39 is 20.1 Å². The van der Waals surface area contributed by atoms with Crippen LogP contribution in [0, 0.1) is 25.8 Å². The third-order valence-corrected chi connectivity index (χ3v) is 6.15. The molecule has 0 spiro atoms. The molecule has 0 atom stereocenters. The van der Waals surface area contributed by atoms with Gasteiger partial charge in [-0.25, -0.2) is 4.98 Å². The van der Waals surface area contributed by atoms with E-state index in [-0.39, 0.29) is 48.3 Å². The molecule has 0 fully saturated rings. The van der Waals surface area contributed by atoms with E-state index in [1.807, 2.05) is 48.5 Å². The summed E-state index contributed by atoms with van der Waals surface area (Å²) in [5.74, 6) is 0. The molecule has 7 aromatic rings. The zero-order valence-corrected chi connectivity index (χ0v) is 23.9. The van der Waals surface area contributed by atoms with Crippen molar-refractivity contribution >= 4 is 22.1 Å². The molecule has 203 valence electrons. The fraction of sp³-hybridized carbons (Fsp3) is 0.0833. The molecule has 0 bridgehead atoms. The van der Waals surface area contributed by atoms with Crippen molar-refractivity contribution in [3.8, 4) is 22.5 Å². The van der Waals surface area contributed by atoms with E-state index in [2.05, 4.69) is 27.1 Å². The van der Waals surface area contributed by atoms with Gasteiger partial charge in [0.1, 0.15) is 0 Å². The van der Waals surface area contributed by atoms with E-state index in [1.165, 1.54) is 6.07 Å². The number of furan rings is 1. The molecule has 4 nitrogen and oxygen atoms in total. The molecule has 0 aliphatic carbocycles. The molecule has 0 saturated carbocycles. The SMILES string of the molecule is [2H]C([2H])([2H])c1cnc(-c2[c-]ccc3c2oc2nc(C([2H])([2H])c4ccccc4)ccc23)cc1C([2H])([2H])[2H].[Ir].[c-]1ccccc1-c1ccccn1. The minimum Gasteiger partial charge on any atom is -0.486 e. The molecular weight excluding hydrogens is 683 g/mol. The van der Waals surface area contributed by atoms with Crippen LogP contribution in [-0.4, -0.2) is 15.0 Å². The molecule has 4 heterocycles. The minimum atomic E-state index is -2.66. The van der Waals surface area contributed by atoms with Crippen LogP contribution in [0.15, 0.2) is 120 Å². The van der Waals surface area contributed by atoms with Crippen molar-refractivity contribution in [1.29, 1.82) is 0 Å². The van der Waals surface area contributed by atoms with Gasteiger partial charge in [0.15, 0.2) is 0 Å². The molecule has 0 unspecified atom stereocenters. The Morgan fingerprint density at radius 3 is 2.41 bits per heavy atom. The van der Waals surface area contributed by atoms with Gasteiger partial charge >= 0.3 is 0 Å². The van der Waals surface area contributed by atoms with Crippen molar-refractivity contribution in [3.63, 3.8) is 0 Å². The normalized spacial score (nSPS) is 14.4. The van der Waals surface area contributed by atoms with Gasteiger partial charge in [0.25, 0.3) is 0 Å². The molecule has 3 aromatic carbocycles. The van der Waals surface area contributed by atoms with E-state index in [9.17, 15) is 0 Å². The van der Waals surface area contributed by atoms with Crippen LogP contribution in [0.3, 0.4) is 0 Å². The van der Waals surface area contributed by atoms with Gasteiger partial charge in [-0.3, -0.25) is 0 Å². The smallest absolute Gasteiger partial charge is 0.216 e. The first-order chi connectivity index (χ1) is 22.8. The first-order valence-electron chi connectivity index (χ1n) is 16.5. The first-order valence-corrected chi connectivity index (χ1v) is 12.5. The number of rotatable bonds is 4. The average molecular weight is 718 g/mol. The zero-order chi connectivity index (χ0) is 34.1. The van der Waals surface area contributed by atoms with E-state index in [1.54, 1.807) is 54.7 Å². The maximum absolute atomic E-state index is 8.59. The Morgan fingerprint density at radius 1 is 0.780 bits per heavy atom. The Labute approximate surface area is 264 Å². The van der Waals surface area contributed by atoms with E-state index >= 15 is 0 Å². The van der Waals surface area contributed by atoms with E-state index in [0.29, 0.717) is 27.5 Å². The van der Waals surface area contributed by atoms with Crippen LogP contribution < -0.4 is 0 Å². The van der Waals surface area contributed by atoms with Gasteiger partial charge in [-0.05, 0) is 54.4 Å². The predicted octanol–water partition coefficient (Wildman–Crippen LogP) is 8.60. The van der Waals surface area contributed by atoms with Crippen LogP contribution in [0.25, 0.3) is 44.6 Å². The summed E-state index contributed by atoms with van der Waals surface area (Å²) in [6.07, 6.45) is 0.991. The molecular formula is C36H27IrN3O-2. The first kappa shape index (κ1) is 19.6. The quantitative estimate of drug-likeness (QED) is 0.171. The van der Waals surface area contributed by atoms with Crippen molar-refractivity contribution in [2.75, 3.05) is 0 Å². The standard InChI is InChI=1S/C25H19N2O.C11H8N.Ir/c1-16-13-23(26-15-17(16)2)22-10-6-9-20-21-12-11-19(27-25(21)28-24(20)22)14-18-7-4-3-5-8-18;1-2-6-10(7-3-1)11-8-4-5-9-12-11;/h3-9,11-13,15H,14H2,1-2H3;1-6,8-9H;/q2*-1;/i1D3,2D3,14D2;;. The molecule has 0 amide bonds. The minimum absolute atomic E-state index is 0. The van der Waals surface area contributed by atoms with Crippen LogP contribution in [0.4, 0.5) is 0 Å². The number of nitrogens with zero attached hydrogens (tertiary/aromatic N) is 3. The summed E-state index contributed by atoms with van der Waals surface area (Å²) >= 11 is 0. The number of pyridine rings is 3. The number of fused-ring (bicyclic) bond motifs is 3. The molecule has 5 heteroatoms. The van der Waals surface area contributed by atoms with Crippen LogP contribution in [0.5, 0.6) is 0 Å². The second kappa shape index (κ2) is 12.8. The van der Waals surface area contributed by atoms with E-state index in [0.717, 1.165) is 17.5 Å². The van der Waals surface area contributed by atoms with Crippen molar-refractivity contribution in [2.24, 2.45) is 0 Å². The average Bonchev–Trinajstić information content (AvgIpc) is 3.47. The van der Waals surface area contributed by atoms with Crippen molar-refractivity contribution < 1.29 is 35.5 Å². The van der Waals surface area contributed by atoms with Gasteiger partial charge in [0.05, 0.1) is 5.58 Å². The predicted molar refractivity (Wildman–Crippen MR) is 161 cm³/mol. The van der Waals surface area contributed by atoms with Crippen LogP contribution in [0.1, 0.15) is 33.4 Å². The topological polar surface area (TPSA) is 51.8 Å². The number of aryl methyl sites for hydroxylation is 2. The molecule has 0 aliphatic heterocycles. The third-order valence-electron chi connectivity index (χ3n) is 6.15. The van der Waals surface area contributed by atoms with Crippen molar-refractivity contribution in [3.05, 3.63) is 150 Å². The second-order valence-electron chi connectivity index (χ2n) is 8.84. The summed E-state index contributed by atoms with van der Waals surface area (Å²) in [6, 6.07) is 36.5. The number of hydrogen-bond donors (Lipinski definition) is 0. The Morgan fingerprint density at radius 2 is 1.63 bits per heavy atom. The monoisotopic (exact) mass is 718 g/mol. The summed E-state index contributed by atoms with van der Waals surface area (Å²) in [7, 11) is 0. The molecule has 1 radical (unpaired) electrons. The fourth-order valence-electron chi connectivity index (χ4n) is 4.22. The molecule has 0 aliphatic rings. The van der Waals surface area contributed by atoms with Gasteiger partial charge in [0, 0.05) is 60.9 Å². The molecule has 41 heavy (non-hydrogen) atoms. The van der Waals surface area contributed by atoms with Gasteiger partial charge in [-0.1, -0.05) is 65.0 Å². The van der Waals surface area contributed by atoms with Gasteiger partial charge in [-0.15, -0.1) is 54.1 Å². The fourth-order valence-corrected chi connectivity index (χ4v) is 4.22. The number of aromatic nitrogens is 3. The molecule has 0 saturated heterocycles. The summed E-state index contributed by atoms with van der Waals surface area (Å²) in [5.41, 5.74) is 3.08. The Hall–Kier alpha value is -4.44. The molecule has 4 aromatic heterocycles. The maximum atomic E-state index is 8.59. The van der Waals surface area contributed by atoms with Crippen LogP contribution in [0.2, 0.25) is 0 Å². The number of hydrogen-bond acceptors (Lipinski definition) is 4. The number of benzene rings is 3. The van der Waals surface area contributed by atoms with Crippen molar-refractivity contribution in [1.82, 2.24) is 15.0 Å². The summed E-state index contributed by atoms with van der Waals surface area (Å²) in [5, 5.41) is 1.30. The Kier molecular flexibility index (Phi) is 6.13. The maximum Gasteiger partial charge on any atom is 0.216 e. The Balaban J connectivity index is 0.000000303. The van der Waals surface area contributed by atoms with E-state index in [4.69, 9.17) is 15.4 Å². The zero-order valence-electron chi connectivity index (χ0n) is 29.6. The molecule has 0 N–H and O–H groups in total.